The number of rotatable bonds is 5. The Morgan fingerprint density at radius 2 is 1.92 bits per heavy atom. The Balaban J connectivity index is 1.76. The van der Waals surface area contributed by atoms with E-state index in [4.69, 9.17) is 0 Å². The zero-order valence-electron chi connectivity index (χ0n) is 15.1. The maximum atomic E-state index is 12.4. The van der Waals surface area contributed by atoms with Crippen LogP contribution in [0, 0.1) is 20.8 Å². The fourth-order valence-corrected chi connectivity index (χ4v) is 2.52. The van der Waals surface area contributed by atoms with Crippen molar-refractivity contribution in [2.24, 2.45) is 0 Å². The van der Waals surface area contributed by atoms with Gasteiger partial charge in [0, 0.05) is 30.3 Å². The maximum absolute atomic E-state index is 12.4. The van der Waals surface area contributed by atoms with Gasteiger partial charge in [0.1, 0.15) is 5.69 Å². The summed E-state index contributed by atoms with van der Waals surface area (Å²) in [6.07, 6.45) is 3.42. The van der Waals surface area contributed by atoms with Crippen LogP contribution in [0.1, 0.15) is 32.9 Å². The lowest BCUT2D eigenvalue weighted by atomic mass is 10.1. The highest BCUT2D eigenvalue weighted by atomic mass is 16.1. The van der Waals surface area contributed by atoms with E-state index in [9.17, 15) is 4.79 Å². The molecule has 0 fully saturated rings. The van der Waals surface area contributed by atoms with E-state index in [1.54, 1.807) is 18.5 Å². The highest BCUT2D eigenvalue weighted by molar-refractivity contribution is 5.92. The van der Waals surface area contributed by atoms with E-state index in [0.717, 1.165) is 22.5 Å². The minimum absolute atomic E-state index is 0.247. The number of aryl methyl sites for hydroxylation is 2. The number of aromatic nitrogens is 3. The van der Waals surface area contributed by atoms with Crippen LogP contribution < -0.4 is 10.6 Å². The Bertz CT molecular complexity index is 925. The number of carbonyl (C=O) groups excluding carboxylic acids is 1. The molecule has 0 saturated heterocycles. The van der Waals surface area contributed by atoms with Crippen molar-refractivity contribution in [1.82, 2.24) is 20.3 Å². The number of benzene rings is 1. The Morgan fingerprint density at radius 1 is 1.08 bits per heavy atom. The van der Waals surface area contributed by atoms with Crippen molar-refractivity contribution in [2.75, 3.05) is 5.32 Å². The van der Waals surface area contributed by atoms with Gasteiger partial charge in [0.05, 0.1) is 0 Å². The van der Waals surface area contributed by atoms with Crippen LogP contribution >= 0.6 is 0 Å². The molecule has 2 aromatic heterocycles. The third kappa shape index (κ3) is 4.22. The van der Waals surface area contributed by atoms with Crippen LogP contribution in [0.5, 0.6) is 0 Å². The third-order valence-corrected chi connectivity index (χ3v) is 4.11. The SMILES string of the molecule is Cc1cc(C(=O)NCc2cccnc2)nc(Nc2cccc(C)c2C)n1. The smallest absolute Gasteiger partial charge is 0.270 e. The zero-order chi connectivity index (χ0) is 18.5. The highest BCUT2D eigenvalue weighted by Gasteiger charge is 2.11. The molecule has 0 bridgehead atoms. The molecule has 2 heterocycles. The summed E-state index contributed by atoms with van der Waals surface area (Å²) in [7, 11) is 0. The zero-order valence-corrected chi connectivity index (χ0v) is 15.1. The molecule has 1 aromatic carbocycles. The molecule has 0 spiro atoms. The van der Waals surface area contributed by atoms with Gasteiger partial charge in [-0.1, -0.05) is 18.2 Å². The third-order valence-electron chi connectivity index (χ3n) is 4.11. The highest BCUT2D eigenvalue weighted by Crippen LogP contribution is 2.21. The number of hydrogen-bond donors (Lipinski definition) is 2. The quantitative estimate of drug-likeness (QED) is 0.739. The second-order valence-electron chi connectivity index (χ2n) is 6.13. The summed E-state index contributed by atoms with van der Waals surface area (Å²) in [5, 5.41) is 6.07. The van der Waals surface area contributed by atoms with E-state index < -0.39 is 0 Å². The van der Waals surface area contributed by atoms with Gasteiger partial charge in [-0.25, -0.2) is 9.97 Å². The number of amides is 1. The summed E-state index contributed by atoms with van der Waals surface area (Å²) in [6.45, 7) is 6.33. The van der Waals surface area contributed by atoms with E-state index in [1.807, 2.05) is 38.1 Å². The second kappa shape index (κ2) is 7.74. The number of pyridine rings is 1. The summed E-state index contributed by atoms with van der Waals surface area (Å²) in [4.78, 5) is 25.2. The molecule has 0 aliphatic heterocycles. The average molecular weight is 347 g/mol. The van der Waals surface area contributed by atoms with Gasteiger partial charge in [-0.2, -0.15) is 0 Å². The normalized spacial score (nSPS) is 10.4. The number of carbonyl (C=O) groups is 1. The molecule has 0 atom stereocenters. The topological polar surface area (TPSA) is 79.8 Å². The van der Waals surface area contributed by atoms with Crippen LogP contribution in [0.15, 0.2) is 48.8 Å². The van der Waals surface area contributed by atoms with E-state index in [1.165, 1.54) is 5.56 Å². The average Bonchev–Trinajstić information content (AvgIpc) is 2.64. The van der Waals surface area contributed by atoms with Crippen LogP contribution in [-0.2, 0) is 6.54 Å². The van der Waals surface area contributed by atoms with Gasteiger partial charge in [0.25, 0.3) is 5.91 Å². The molecule has 6 heteroatoms. The summed E-state index contributed by atoms with van der Waals surface area (Å²) >= 11 is 0. The first-order chi connectivity index (χ1) is 12.5. The number of hydrogen-bond acceptors (Lipinski definition) is 5. The predicted octanol–water partition coefficient (Wildman–Crippen LogP) is 3.47. The van der Waals surface area contributed by atoms with Crippen LogP contribution in [0.3, 0.4) is 0 Å². The lowest BCUT2D eigenvalue weighted by Gasteiger charge is -2.12. The first-order valence-electron chi connectivity index (χ1n) is 8.39. The summed E-state index contributed by atoms with van der Waals surface area (Å²) in [6, 6.07) is 11.4. The first kappa shape index (κ1) is 17.5. The molecular weight excluding hydrogens is 326 g/mol. The summed E-state index contributed by atoms with van der Waals surface area (Å²) in [5.41, 5.74) is 5.21. The van der Waals surface area contributed by atoms with E-state index in [2.05, 4.69) is 38.6 Å². The number of nitrogens with one attached hydrogen (secondary N) is 2. The predicted molar refractivity (Wildman–Crippen MR) is 101 cm³/mol. The molecule has 6 nitrogen and oxygen atoms in total. The number of anilines is 2. The molecule has 0 radical (unpaired) electrons. The van der Waals surface area contributed by atoms with Crippen LogP contribution in [0.25, 0.3) is 0 Å². The van der Waals surface area contributed by atoms with Crippen LogP contribution in [0.2, 0.25) is 0 Å². The minimum Gasteiger partial charge on any atom is -0.347 e. The van der Waals surface area contributed by atoms with Crippen LogP contribution in [0.4, 0.5) is 11.6 Å². The second-order valence-corrected chi connectivity index (χ2v) is 6.13. The lowest BCUT2D eigenvalue weighted by molar-refractivity contribution is 0.0945. The Kier molecular flexibility index (Phi) is 5.22. The molecule has 26 heavy (non-hydrogen) atoms. The van der Waals surface area contributed by atoms with Crippen molar-refractivity contribution in [3.63, 3.8) is 0 Å². The fourth-order valence-electron chi connectivity index (χ4n) is 2.52. The molecule has 132 valence electrons. The summed E-state index contributed by atoms with van der Waals surface area (Å²) in [5.74, 6) is 0.161. The van der Waals surface area contributed by atoms with Crippen LogP contribution in [-0.4, -0.2) is 20.9 Å². The molecular formula is C20H21N5O. The Morgan fingerprint density at radius 3 is 2.69 bits per heavy atom. The van der Waals surface area contributed by atoms with Crippen molar-refractivity contribution in [3.05, 3.63) is 76.9 Å². The Hall–Kier alpha value is -3.28. The number of nitrogens with zero attached hydrogens (tertiary/aromatic N) is 3. The molecule has 0 unspecified atom stereocenters. The van der Waals surface area contributed by atoms with E-state index >= 15 is 0 Å². The monoisotopic (exact) mass is 347 g/mol. The summed E-state index contributed by atoms with van der Waals surface area (Å²) < 4.78 is 0. The van der Waals surface area contributed by atoms with Gasteiger partial charge in [0.15, 0.2) is 0 Å². The van der Waals surface area contributed by atoms with Gasteiger partial charge in [-0.3, -0.25) is 9.78 Å². The van der Waals surface area contributed by atoms with Gasteiger partial charge in [0.2, 0.25) is 5.95 Å². The first-order valence-corrected chi connectivity index (χ1v) is 8.39. The van der Waals surface area contributed by atoms with Gasteiger partial charge in [-0.15, -0.1) is 0 Å². The molecule has 2 N–H and O–H groups in total. The lowest BCUT2D eigenvalue weighted by Crippen LogP contribution is -2.24. The Labute approximate surface area is 152 Å². The largest absolute Gasteiger partial charge is 0.347 e. The van der Waals surface area contributed by atoms with E-state index in [-0.39, 0.29) is 5.91 Å². The van der Waals surface area contributed by atoms with Crippen molar-refractivity contribution in [2.45, 2.75) is 27.3 Å². The molecule has 0 saturated carbocycles. The van der Waals surface area contributed by atoms with Gasteiger partial charge in [-0.05, 0) is 55.7 Å². The van der Waals surface area contributed by atoms with E-state index in [0.29, 0.717) is 18.2 Å². The fraction of sp³-hybridized carbons (Fsp3) is 0.200. The van der Waals surface area contributed by atoms with Gasteiger partial charge < -0.3 is 10.6 Å². The molecule has 0 aliphatic rings. The standard InChI is InChI=1S/C20H21N5O/c1-13-6-4-8-17(15(13)3)24-20-23-14(2)10-18(25-20)19(26)22-12-16-7-5-9-21-11-16/h4-11H,12H2,1-3H3,(H,22,26)(H,23,24,25). The minimum atomic E-state index is -0.247. The molecule has 3 aromatic rings. The maximum Gasteiger partial charge on any atom is 0.270 e. The van der Waals surface area contributed by atoms with Crippen molar-refractivity contribution >= 4 is 17.5 Å². The van der Waals surface area contributed by atoms with Crippen molar-refractivity contribution < 1.29 is 4.79 Å². The molecule has 0 aliphatic carbocycles. The van der Waals surface area contributed by atoms with Crippen molar-refractivity contribution in [3.8, 4) is 0 Å². The van der Waals surface area contributed by atoms with Gasteiger partial charge >= 0.3 is 0 Å². The molecule has 3 rings (SSSR count). The van der Waals surface area contributed by atoms with Crippen molar-refractivity contribution in [1.29, 1.82) is 0 Å². The molecule has 1 amide bonds.